The predicted molar refractivity (Wildman–Crippen MR) is 84.2 cm³/mol. The summed E-state index contributed by atoms with van der Waals surface area (Å²) in [5.74, 6) is -1.52. The van der Waals surface area contributed by atoms with Gasteiger partial charge in [-0.15, -0.1) is 0 Å². The Labute approximate surface area is 144 Å². The van der Waals surface area contributed by atoms with E-state index in [2.05, 4.69) is 4.74 Å². The van der Waals surface area contributed by atoms with E-state index in [4.69, 9.17) is 13.9 Å². The first-order valence-corrected chi connectivity index (χ1v) is 7.81. The number of esters is 3. The summed E-state index contributed by atoms with van der Waals surface area (Å²) < 4.78 is 20.3. The van der Waals surface area contributed by atoms with Crippen LogP contribution in [0.25, 0.3) is 0 Å². The van der Waals surface area contributed by atoms with E-state index in [1.807, 2.05) is 0 Å². The molecule has 0 unspecified atom stereocenters. The van der Waals surface area contributed by atoms with E-state index in [9.17, 15) is 14.4 Å². The summed E-state index contributed by atoms with van der Waals surface area (Å²) in [6.45, 7) is 0. The molecule has 0 N–H and O–H groups in total. The second kappa shape index (κ2) is 6.58. The lowest BCUT2D eigenvalue weighted by Crippen LogP contribution is -2.53. The third kappa shape index (κ3) is 2.86. The first kappa shape index (κ1) is 17.0. The third-order valence-electron chi connectivity index (χ3n) is 4.72. The van der Waals surface area contributed by atoms with Gasteiger partial charge < -0.3 is 18.6 Å². The van der Waals surface area contributed by atoms with Crippen LogP contribution >= 0.6 is 0 Å². The molecule has 2 aliphatic heterocycles. The number of fused-ring (bicyclic) bond motifs is 2. The van der Waals surface area contributed by atoms with Gasteiger partial charge in [-0.2, -0.15) is 0 Å². The van der Waals surface area contributed by atoms with Gasteiger partial charge in [0.15, 0.2) is 0 Å². The molecule has 1 aromatic rings. The van der Waals surface area contributed by atoms with Crippen molar-refractivity contribution >= 4 is 17.9 Å². The molecule has 4 rings (SSSR count). The summed E-state index contributed by atoms with van der Waals surface area (Å²) in [6.07, 6.45) is 6.10. The summed E-state index contributed by atoms with van der Waals surface area (Å²) >= 11 is 0. The molecular weight excluding hydrogens is 328 g/mol. The van der Waals surface area contributed by atoms with E-state index in [1.54, 1.807) is 24.3 Å². The van der Waals surface area contributed by atoms with Crippen molar-refractivity contribution in [3.63, 3.8) is 0 Å². The Balaban J connectivity index is 2.01. The molecule has 2 bridgehead atoms. The zero-order valence-electron chi connectivity index (χ0n) is 13.9. The van der Waals surface area contributed by atoms with Gasteiger partial charge in [0.2, 0.25) is 0 Å². The smallest absolute Gasteiger partial charge is 0.337 e. The summed E-state index contributed by atoms with van der Waals surface area (Å²) in [7, 11) is 2.58. The standard InChI is InChI=1S/C18H18O7/c1-22-15(19)6-3-7-18(14-5-4-8-24-14)10-13-11(16(20)23-2)9-12(18)17(21)25-13/h3-6,8-9,12-13H,7,10H2,1-2H3/b6-3+/t12-,13+,18-/m0/s1. The van der Waals surface area contributed by atoms with Crippen LogP contribution in [-0.4, -0.2) is 38.2 Å². The van der Waals surface area contributed by atoms with Crippen molar-refractivity contribution in [1.29, 1.82) is 0 Å². The van der Waals surface area contributed by atoms with Crippen LogP contribution in [0.3, 0.4) is 0 Å². The fourth-order valence-corrected chi connectivity index (χ4v) is 3.50. The van der Waals surface area contributed by atoms with E-state index in [0.29, 0.717) is 24.2 Å². The minimum absolute atomic E-state index is 0.339. The van der Waals surface area contributed by atoms with Gasteiger partial charge in [-0.05, 0) is 18.6 Å². The highest BCUT2D eigenvalue weighted by atomic mass is 16.6. The van der Waals surface area contributed by atoms with Crippen LogP contribution in [-0.2, 0) is 34.0 Å². The largest absolute Gasteiger partial charge is 0.469 e. The normalized spacial score (nSPS) is 27.8. The fourth-order valence-electron chi connectivity index (χ4n) is 3.50. The number of carbonyl (C=O) groups excluding carboxylic acids is 3. The molecule has 3 heterocycles. The van der Waals surface area contributed by atoms with Crippen LogP contribution in [0, 0.1) is 5.92 Å². The molecule has 1 aliphatic carbocycles. The van der Waals surface area contributed by atoms with Crippen LogP contribution in [0.1, 0.15) is 18.6 Å². The summed E-state index contributed by atoms with van der Waals surface area (Å²) in [6, 6.07) is 3.52. The number of allylic oxidation sites excluding steroid dienone is 1. The molecule has 0 amide bonds. The van der Waals surface area contributed by atoms with Crippen LogP contribution < -0.4 is 0 Å². The van der Waals surface area contributed by atoms with Crippen molar-refractivity contribution in [2.45, 2.75) is 24.4 Å². The van der Waals surface area contributed by atoms with Gasteiger partial charge in [-0.25, -0.2) is 9.59 Å². The zero-order valence-corrected chi connectivity index (χ0v) is 13.9. The van der Waals surface area contributed by atoms with E-state index < -0.39 is 35.3 Å². The minimum Gasteiger partial charge on any atom is -0.469 e. The van der Waals surface area contributed by atoms with Crippen molar-refractivity contribution < 1.29 is 33.0 Å². The van der Waals surface area contributed by atoms with Crippen molar-refractivity contribution in [2.24, 2.45) is 5.92 Å². The predicted octanol–water partition coefficient (Wildman–Crippen LogP) is 1.68. The average molecular weight is 346 g/mol. The summed E-state index contributed by atoms with van der Waals surface area (Å²) in [5, 5.41) is 0. The number of furan rings is 1. The van der Waals surface area contributed by atoms with Crippen LogP contribution in [0.15, 0.2) is 46.6 Å². The fraction of sp³-hybridized carbons (Fsp3) is 0.389. The van der Waals surface area contributed by atoms with Crippen molar-refractivity contribution in [3.8, 4) is 0 Å². The molecule has 0 aromatic carbocycles. The number of carbonyl (C=O) groups is 3. The zero-order chi connectivity index (χ0) is 18.0. The highest BCUT2D eigenvalue weighted by Gasteiger charge is 2.56. The van der Waals surface area contributed by atoms with Crippen molar-refractivity contribution in [3.05, 3.63) is 48.0 Å². The molecule has 3 aliphatic rings. The molecule has 0 saturated carbocycles. The Kier molecular flexibility index (Phi) is 4.48. The molecule has 1 saturated heterocycles. The van der Waals surface area contributed by atoms with Gasteiger partial charge in [-0.3, -0.25) is 4.79 Å². The van der Waals surface area contributed by atoms with Gasteiger partial charge >= 0.3 is 17.9 Å². The Hall–Kier alpha value is -2.83. The Morgan fingerprint density at radius 2 is 2.16 bits per heavy atom. The lowest BCUT2D eigenvalue weighted by molar-refractivity contribution is -0.166. The molecule has 132 valence electrons. The Morgan fingerprint density at radius 3 is 2.76 bits per heavy atom. The van der Waals surface area contributed by atoms with E-state index in [1.165, 1.54) is 26.6 Å². The van der Waals surface area contributed by atoms with Crippen LogP contribution in [0.5, 0.6) is 0 Å². The summed E-state index contributed by atoms with van der Waals surface area (Å²) in [5.41, 5.74) is -0.392. The number of ether oxygens (including phenoxy) is 3. The highest BCUT2D eigenvalue weighted by Crippen LogP contribution is 2.51. The number of hydrogen-bond acceptors (Lipinski definition) is 7. The molecule has 1 aromatic heterocycles. The molecule has 1 fully saturated rings. The second-order valence-corrected chi connectivity index (χ2v) is 5.98. The van der Waals surface area contributed by atoms with E-state index in [-0.39, 0.29) is 0 Å². The van der Waals surface area contributed by atoms with Gasteiger partial charge in [-0.1, -0.05) is 12.2 Å². The maximum absolute atomic E-state index is 12.4. The molecule has 25 heavy (non-hydrogen) atoms. The average Bonchev–Trinajstić information content (AvgIpc) is 3.16. The lowest BCUT2D eigenvalue weighted by atomic mass is 9.61. The lowest BCUT2D eigenvalue weighted by Gasteiger charge is -2.46. The minimum atomic E-state index is -0.731. The first-order chi connectivity index (χ1) is 12.0. The Morgan fingerprint density at radius 1 is 1.36 bits per heavy atom. The number of methoxy groups -OCH3 is 2. The molecular formula is C18H18O7. The van der Waals surface area contributed by atoms with E-state index in [0.717, 1.165) is 0 Å². The van der Waals surface area contributed by atoms with Gasteiger partial charge in [0.1, 0.15) is 11.9 Å². The van der Waals surface area contributed by atoms with Gasteiger partial charge in [0, 0.05) is 12.5 Å². The third-order valence-corrected chi connectivity index (χ3v) is 4.72. The molecule has 0 radical (unpaired) electrons. The monoisotopic (exact) mass is 346 g/mol. The Bertz CT molecular complexity index is 743. The maximum atomic E-state index is 12.4. The van der Waals surface area contributed by atoms with Gasteiger partial charge in [0.05, 0.1) is 37.4 Å². The van der Waals surface area contributed by atoms with E-state index >= 15 is 0 Å². The molecule has 0 spiro atoms. The first-order valence-electron chi connectivity index (χ1n) is 7.81. The quantitative estimate of drug-likeness (QED) is 0.455. The highest BCUT2D eigenvalue weighted by molar-refractivity contribution is 5.94. The second-order valence-electron chi connectivity index (χ2n) is 5.98. The molecule has 7 nitrogen and oxygen atoms in total. The number of rotatable bonds is 5. The molecule has 3 atom stereocenters. The van der Waals surface area contributed by atoms with Crippen LogP contribution in [0.4, 0.5) is 0 Å². The van der Waals surface area contributed by atoms with Gasteiger partial charge in [0.25, 0.3) is 0 Å². The molecule has 7 heteroatoms. The summed E-state index contributed by atoms with van der Waals surface area (Å²) in [4.78, 5) is 35.7. The van der Waals surface area contributed by atoms with Crippen molar-refractivity contribution in [2.75, 3.05) is 14.2 Å². The SMILES string of the molecule is COC(=O)/C=C/C[C@]1(c2ccco2)C[C@H]2OC(=O)[C@@H]1C=C2C(=O)OC. The van der Waals surface area contributed by atoms with Crippen LogP contribution in [0.2, 0.25) is 0 Å². The topological polar surface area (TPSA) is 92.0 Å². The van der Waals surface area contributed by atoms with Crippen molar-refractivity contribution in [1.82, 2.24) is 0 Å². The number of hydrogen-bond donors (Lipinski definition) is 0. The maximum Gasteiger partial charge on any atom is 0.337 e.